The number of furan rings is 1. The number of halogens is 2. The zero-order valence-corrected chi connectivity index (χ0v) is 21.0. The van der Waals surface area contributed by atoms with Crippen molar-refractivity contribution in [3.8, 4) is 11.5 Å². The molecule has 3 aromatic heterocycles. The molecule has 0 saturated carbocycles. The maximum Gasteiger partial charge on any atom is 0.586 e. The van der Waals surface area contributed by atoms with E-state index < -0.39 is 6.29 Å². The number of nitrogens with two attached hydrogens (primary N) is 1. The Bertz CT molecular complexity index is 1650. The number of aryl methyl sites for hydroxylation is 1. The predicted octanol–water partition coefficient (Wildman–Crippen LogP) is 1.06. The molecular weight excluding hydrogens is 516 g/mol. The fourth-order valence-electron chi connectivity index (χ4n) is 5.30. The second kappa shape index (κ2) is 8.57. The molecule has 1 saturated heterocycles. The quantitative estimate of drug-likeness (QED) is 0.370. The van der Waals surface area contributed by atoms with Crippen LogP contribution in [0.4, 0.5) is 20.3 Å². The van der Waals surface area contributed by atoms with Crippen LogP contribution in [0.1, 0.15) is 11.5 Å². The third-order valence-electron chi connectivity index (χ3n) is 7.26. The molecule has 39 heavy (non-hydrogen) atoms. The molecule has 3 aliphatic rings. The highest BCUT2D eigenvalue weighted by Crippen LogP contribution is 2.43. The Morgan fingerprint density at radius 3 is 2.64 bits per heavy atom. The van der Waals surface area contributed by atoms with Gasteiger partial charge in [0.25, 0.3) is 0 Å². The summed E-state index contributed by atoms with van der Waals surface area (Å²) < 4.78 is 46.2. The second-order valence-electron chi connectivity index (χ2n) is 9.58. The Labute approximate surface area is 219 Å². The van der Waals surface area contributed by atoms with Crippen molar-refractivity contribution in [1.82, 2.24) is 23.6 Å². The number of rotatable bonds is 5. The van der Waals surface area contributed by atoms with Crippen LogP contribution < -0.4 is 30.9 Å². The van der Waals surface area contributed by atoms with Gasteiger partial charge in [-0.05, 0) is 24.3 Å². The number of ether oxygens (including phenoxy) is 2. The third kappa shape index (κ3) is 3.84. The van der Waals surface area contributed by atoms with E-state index in [1.165, 1.54) is 15.8 Å². The molecule has 6 heterocycles. The molecule has 15 heteroatoms. The van der Waals surface area contributed by atoms with Gasteiger partial charge in [-0.2, -0.15) is 4.98 Å². The van der Waals surface area contributed by atoms with Crippen molar-refractivity contribution in [1.29, 1.82) is 0 Å². The summed E-state index contributed by atoms with van der Waals surface area (Å²) in [5.74, 6) is 7.80. The number of anilines is 2. The van der Waals surface area contributed by atoms with Gasteiger partial charge in [0, 0.05) is 58.1 Å². The molecule has 1 aromatic carbocycles. The molecule has 0 spiro atoms. The van der Waals surface area contributed by atoms with Crippen LogP contribution in [0.5, 0.6) is 11.5 Å². The maximum atomic E-state index is 13.4. The number of hydrogen-bond acceptors (Lipinski definition) is 10. The minimum Gasteiger partial charge on any atom is -0.463 e. The molecule has 3 aliphatic heterocycles. The molecule has 13 nitrogen and oxygen atoms in total. The van der Waals surface area contributed by atoms with E-state index in [9.17, 15) is 13.6 Å². The molecule has 0 amide bonds. The fourth-order valence-corrected chi connectivity index (χ4v) is 5.30. The maximum absolute atomic E-state index is 13.4. The third-order valence-corrected chi connectivity index (χ3v) is 7.26. The van der Waals surface area contributed by atoms with Crippen LogP contribution >= 0.6 is 0 Å². The lowest BCUT2D eigenvalue weighted by Gasteiger charge is -2.36. The number of piperazine rings is 1. The summed E-state index contributed by atoms with van der Waals surface area (Å²) in [6, 6.07) is 8.41. The normalized spacial score (nSPS) is 18.6. The number of aliphatic imine (C=N–C) groups is 1. The monoisotopic (exact) mass is 541 g/mol. The second-order valence-corrected chi connectivity index (χ2v) is 9.58. The molecule has 1 fully saturated rings. The largest absolute Gasteiger partial charge is 0.586 e. The summed E-state index contributed by atoms with van der Waals surface area (Å²) in [5.41, 5.74) is 1.77. The Kier molecular flexibility index (Phi) is 5.21. The van der Waals surface area contributed by atoms with Crippen LogP contribution in [0.2, 0.25) is 0 Å². The standard InChI is InChI=1S/C24H25F2N9O4/c1-30-23(36)33(22-29-21-20(35(22)30)19(28-14-34(21)27)17-3-2-12-37-17)11-8-31-6-9-32(10-7-31)15-4-5-16-18(13-15)39-24(25,26)38-16/h2-5,12-13H,6-11,14,27H2,1H3. The number of imidazole rings is 1. The molecule has 0 atom stereocenters. The van der Waals surface area contributed by atoms with Crippen LogP contribution in [-0.2, 0) is 13.6 Å². The number of fused-ring (bicyclic) bond motifs is 4. The molecule has 2 N–H and O–H groups in total. The van der Waals surface area contributed by atoms with Gasteiger partial charge < -0.3 is 18.8 Å². The molecule has 4 aromatic rings. The number of alkyl halides is 2. The van der Waals surface area contributed by atoms with E-state index >= 15 is 0 Å². The number of nitrogens with zero attached hydrogens (tertiary/aromatic N) is 8. The van der Waals surface area contributed by atoms with E-state index in [1.807, 2.05) is 6.07 Å². The Morgan fingerprint density at radius 2 is 1.87 bits per heavy atom. The van der Waals surface area contributed by atoms with E-state index in [0.29, 0.717) is 54.9 Å². The van der Waals surface area contributed by atoms with Gasteiger partial charge in [-0.25, -0.2) is 19.8 Å². The van der Waals surface area contributed by atoms with E-state index in [4.69, 9.17) is 15.2 Å². The molecule has 0 bridgehead atoms. The van der Waals surface area contributed by atoms with Crippen molar-refractivity contribution in [2.75, 3.05) is 49.3 Å². The number of hydrazine groups is 1. The minimum atomic E-state index is -3.63. The first kappa shape index (κ1) is 23.7. The van der Waals surface area contributed by atoms with Crippen molar-refractivity contribution < 1.29 is 22.7 Å². The summed E-state index contributed by atoms with van der Waals surface area (Å²) in [6.45, 7) is 4.13. The molecule has 0 aliphatic carbocycles. The lowest BCUT2D eigenvalue weighted by molar-refractivity contribution is -0.286. The highest BCUT2D eigenvalue weighted by atomic mass is 19.3. The SMILES string of the molecule is Cn1c(=O)n(CCN2CCN(c3ccc4c(c3)OC(F)(F)O4)CC2)c2nc3c(n21)C(c1ccco1)=NCN3N. The molecule has 7 rings (SSSR count). The van der Waals surface area contributed by atoms with E-state index in [2.05, 4.69) is 24.3 Å². The zero-order valence-electron chi connectivity index (χ0n) is 21.0. The minimum absolute atomic E-state index is 0.0305. The number of hydrogen-bond donors (Lipinski definition) is 1. The Balaban J connectivity index is 1.08. The Hall–Kier alpha value is -4.37. The summed E-state index contributed by atoms with van der Waals surface area (Å²) >= 11 is 0. The zero-order chi connectivity index (χ0) is 26.9. The predicted molar refractivity (Wildman–Crippen MR) is 136 cm³/mol. The molecular formula is C24H25F2N9O4. The van der Waals surface area contributed by atoms with Gasteiger partial charge in [-0.3, -0.25) is 19.5 Å². The first-order chi connectivity index (χ1) is 18.8. The highest BCUT2D eigenvalue weighted by molar-refractivity contribution is 6.14. The van der Waals surface area contributed by atoms with Crippen molar-refractivity contribution in [3.05, 3.63) is 58.5 Å². The highest BCUT2D eigenvalue weighted by Gasteiger charge is 2.43. The van der Waals surface area contributed by atoms with E-state index in [1.54, 1.807) is 40.6 Å². The van der Waals surface area contributed by atoms with Gasteiger partial charge in [0.1, 0.15) is 18.1 Å². The van der Waals surface area contributed by atoms with Crippen molar-refractivity contribution in [2.45, 2.75) is 12.8 Å². The van der Waals surface area contributed by atoms with Gasteiger partial charge in [-0.15, -0.1) is 8.78 Å². The smallest absolute Gasteiger partial charge is 0.463 e. The summed E-state index contributed by atoms with van der Waals surface area (Å²) in [7, 11) is 1.68. The van der Waals surface area contributed by atoms with Crippen LogP contribution in [0, 0.1) is 0 Å². The lowest BCUT2D eigenvalue weighted by Crippen LogP contribution is -2.47. The van der Waals surface area contributed by atoms with Gasteiger partial charge in [0.2, 0.25) is 5.78 Å². The average molecular weight is 542 g/mol. The summed E-state index contributed by atoms with van der Waals surface area (Å²) in [6.07, 6.45) is -2.07. The van der Waals surface area contributed by atoms with Gasteiger partial charge in [0.05, 0.1) is 6.26 Å². The fraction of sp³-hybridized carbons (Fsp3) is 0.375. The van der Waals surface area contributed by atoms with E-state index in [0.717, 1.165) is 18.8 Å². The van der Waals surface area contributed by atoms with Crippen LogP contribution in [-0.4, -0.2) is 75.0 Å². The van der Waals surface area contributed by atoms with Gasteiger partial charge in [0.15, 0.2) is 23.1 Å². The van der Waals surface area contributed by atoms with Crippen molar-refractivity contribution in [3.63, 3.8) is 0 Å². The lowest BCUT2D eigenvalue weighted by atomic mass is 10.2. The number of aromatic nitrogens is 4. The van der Waals surface area contributed by atoms with Crippen LogP contribution in [0.3, 0.4) is 0 Å². The summed E-state index contributed by atoms with van der Waals surface area (Å²) in [4.78, 5) is 26.8. The van der Waals surface area contributed by atoms with Crippen molar-refractivity contribution >= 4 is 23.0 Å². The molecule has 0 unspecified atom stereocenters. The van der Waals surface area contributed by atoms with Crippen molar-refractivity contribution in [2.24, 2.45) is 17.9 Å². The molecule has 204 valence electrons. The first-order valence-corrected chi connectivity index (χ1v) is 12.5. The van der Waals surface area contributed by atoms with Crippen LogP contribution in [0.25, 0.3) is 5.78 Å². The summed E-state index contributed by atoms with van der Waals surface area (Å²) in [5, 5.41) is 1.44. The van der Waals surface area contributed by atoms with Gasteiger partial charge >= 0.3 is 12.0 Å². The first-order valence-electron chi connectivity index (χ1n) is 12.5. The van der Waals surface area contributed by atoms with Gasteiger partial charge in [-0.1, -0.05) is 0 Å². The number of benzene rings is 1. The average Bonchev–Trinajstić information content (AvgIpc) is 3.68. The molecule has 0 radical (unpaired) electrons. The Morgan fingerprint density at radius 1 is 1.08 bits per heavy atom. The van der Waals surface area contributed by atoms with Crippen LogP contribution in [0.15, 0.2) is 50.8 Å². The topological polar surface area (TPSA) is 124 Å². The van der Waals surface area contributed by atoms with E-state index in [-0.39, 0.29) is 23.9 Å².